The zero-order valence-electron chi connectivity index (χ0n) is 11.4. The van der Waals surface area contributed by atoms with Gasteiger partial charge in [0.05, 0.1) is 27.3 Å². The minimum Gasteiger partial charge on any atom is -0.228 e. The van der Waals surface area contributed by atoms with Crippen molar-refractivity contribution in [2.45, 2.75) is 6.92 Å². The summed E-state index contributed by atoms with van der Waals surface area (Å²) in [5.74, 6) is 0. The average Bonchev–Trinajstić information content (AvgIpc) is 2.86. The number of hydrogen-bond acceptors (Lipinski definition) is 2. The topological polar surface area (TPSA) is 30.7 Å². The zero-order valence-corrected chi connectivity index (χ0v) is 12.2. The van der Waals surface area contributed by atoms with Gasteiger partial charge in [-0.2, -0.15) is 5.10 Å². The van der Waals surface area contributed by atoms with Crippen molar-refractivity contribution in [1.82, 2.24) is 14.8 Å². The summed E-state index contributed by atoms with van der Waals surface area (Å²) in [5, 5.41) is 7.21. The fourth-order valence-electron chi connectivity index (χ4n) is 2.63. The van der Waals surface area contributed by atoms with Crippen LogP contribution in [0.4, 0.5) is 0 Å². The predicted octanol–water partition coefficient (Wildman–Crippen LogP) is 4.54. The molecule has 2 aromatic heterocycles. The zero-order chi connectivity index (χ0) is 14.4. The molecule has 0 bridgehead atoms. The van der Waals surface area contributed by atoms with Crippen molar-refractivity contribution in [3.63, 3.8) is 0 Å². The minimum atomic E-state index is 0.718. The van der Waals surface area contributed by atoms with Crippen molar-refractivity contribution in [3.05, 3.63) is 65.3 Å². The van der Waals surface area contributed by atoms with Crippen LogP contribution in [0.15, 0.2) is 54.6 Å². The van der Waals surface area contributed by atoms with Crippen LogP contribution in [0, 0.1) is 6.92 Å². The maximum Gasteiger partial charge on any atom is 0.165 e. The molecule has 0 spiro atoms. The van der Waals surface area contributed by atoms with Gasteiger partial charge >= 0.3 is 0 Å². The van der Waals surface area contributed by atoms with Crippen LogP contribution in [0.5, 0.6) is 0 Å². The van der Waals surface area contributed by atoms with E-state index in [9.17, 15) is 0 Å². The second-order valence-electron chi connectivity index (χ2n) is 4.97. The second kappa shape index (κ2) is 4.57. The van der Waals surface area contributed by atoms with Crippen LogP contribution in [-0.2, 0) is 0 Å². The molecule has 0 radical (unpaired) electrons. The maximum absolute atomic E-state index is 6.59. The van der Waals surface area contributed by atoms with E-state index in [0.29, 0.717) is 0 Å². The number of nitrogens with zero attached hydrogens (tertiary/aromatic N) is 3. The largest absolute Gasteiger partial charge is 0.228 e. The maximum atomic E-state index is 6.59. The Morgan fingerprint density at radius 2 is 1.67 bits per heavy atom. The van der Waals surface area contributed by atoms with E-state index in [0.717, 1.165) is 38.3 Å². The summed E-state index contributed by atoms with van der Waals surface area (Å²) in [4.78, 5) is 4.75. The quantitative estimate of drug-likeness (QED) is 0.516. The number of aryl methyl sites for hydroxylation is 1. The number of aromatic nitrogens is 3. The Morgan fingerprint density at radius 1 is 0.952 bits per heavy atom. The molecule has 0 fully saturated rings. The Labute approximate surface area is 126 Å². The summed E-state index contributed by atoms with van der Waals surface area (Å²) < 4.78 is 1.85. The first-order chi connectivity index (χ1) is 10.3. The molecule has 0 amide bonds. The highest BCUT2D eigenvalue weighted by Crippen LogP contribution is 2.33. The fraction of sp³-hybridized carbons (Fsp3) is 0.0588. The van der Waals surface area contributed by atoms with Gasteiger partial charge < -0.3 is 0 Å². The average molecular weight is 294 g/mol. The van der Waals surface area contributed by atoms with Gasteiger partial charge in [-0.25, -0.2) is 9.67 Å². The number of halogens is 1. The Kier molecular flexibility index (Phi) is 2.69. The number of hydrogen-bond donors (Lipinski definition) is 0. The van der Waals surface area contributed by atoms with Crippen molar-refractivity contribution < 1.29 is 0 Å². The van der Waals surface area contributed by atoms with Gasteiger partial charge in [0.15, 0.2) is 5.65 Å². The minimum absolute atomic E-state index is 0.718. The van der Waals surface area contributed by atoms with Gasteiger partial charge in [-0.05, 0) is 25.1 Å². The van der Waals surface area contributed by atoms with E-state index in [2.05, 4.69) is 5.10 Å². The van der Waals surface area contributed by atoms with E-state index in [-0.39, 0.29) is 0 Å². The molecule has 0 atom stereocenters. The van der Waals surface area contributed by atoms with Crippen LogP contribution < -0.4 is 0 Å². The lowest BCUT2D eigenvalue weighted by molar-refractivity contribution is 0.879. The molecule has 0 saturated heterocycles. The Morgan fingerprint density at radius 3 is 2.48 bits per heavy atom. The van der Waals surface area contributed by atoms with Gasteiger partial charge in [0.1, 0.15) is 0 Å². The molecule has 0 aliphatic heterocycles. The van der Waals surface area contributed by atoms with E-state index in [1.165, 1.54) is 0 Å². The lowest BCUT2D eigenvalue weighted by atomic mass is 10.1. The molecule has 2 heterocycles. The summed E-state index contributed by atoms with van der Waals surface area (Å²) in [6.45, 7) is 1.96. The molecule has 3 nitrogen and oxygen atoms in total. The molecule has 102 valence electrons. The summed E-state index contributed by atoms with van der Waals surface area (Å²) >= 11 is 6.59. The van der Waals surface area contributed by atoms with E-state index in [1.807, 2.05) is 66.2 Å². The molecule has 4 aromatic rings. The summed E-state index contributed by atoms with van der Waals surface area (Å²) in [6, 6.07) is 17.9. The SMILES string of the molecule is Cc1nn(-c2ccccc2)c2nc3ccccc3c(Cl)c12. The Balaban J connectivity index is 2.16. The van der Waals surface area contributed by atoms with Gasteiger partial charge in [-0.1, -0.05) is 48.0 Å². The number of para-hydroxylation sites is 2. The number of fused-ring (bicyclic) bond motifs is 2. The molecule has 2 aromatic carbocycles. The van der Waals surface area contributed by atoms with Gasteiger partial charge in [0.25, 0.3) is 0 Å². The van der Waals surface area contributed by atoms with Crippen molar-refractivity contribution >= 4 is 33.5 Å². The van der Waals surface area contributed by atoms with E-state index < -0.39 is 0 Å². The summed E-state index contributed by atoms with van der Waals surface area (Å²) in [5.41, 5.74) is 3.54. The normalized spacial score (nSPS) is 11.3. The van der Waals surface area contributed by atoms with E-state index >= 15 is 0 Å². The number of pyridine rings is 1. The molecule has 0 aliphatic rings. The molecule has 21 heavy (non-hydrogen) atoms. The lowest BCUT2D eigenvalue weighted by Gasteiger charge is -2.05. The van der Waals surface area contributed by atoms with Crippen LogP contribution in [-0.4, -0.2) is 14.8 Å². The van der Waals surface area contributed by atoms with Crippen molar-refractivity contribution in [3.8, 4) is 5.69 Å². The second-order valence-corrected chi connectivity index (χ2v) is 5.35. The predicted molar refractivity (Wildman–Crippen MR) is 86.1 cm³/mol. The van der Waals surface area contributed by atoms with Crippen LogP contribution in [0.3, 0.4) is 0 Å². The van der Waals surface area contributed by atoms with Crippen molar-refractivity contribution in [2.24, 2.45) is 0 Å². The van der Waals surface area contributed by atoms with E-state index in [1.54, 1.807) is 0 Å². The van der Waals surface area contributed by atoms with Gasteiger partial charge in [0, 0.05) is 5.39 Å². The van der Waals surface area contributed by atoms with Gasteiger partial charge in [0.2, 0.25) is 0 Å². The van der Waals surface area contributed by atoms with Gasteiger partial charge in [-0.15, -0.1) is 0 Å². The first-order valence-electron chi connectivity index (χ1n) is 6.75. The number of rotatable bonds is 1. The lowest BCUT2D eigenvalue weighted by Crippen LogP contribution is -1.97. The summed E-state index contributed by atoms with van der Waals surface area (Å²) in [6.07, 6.45) is 0. The molecular weight excluding hydrogens is 282 g/mol. The highest BCUT2D eigenvalue weighted by Gasteiger charge is 2.16. The molecule has 0 saturated carbocycles. The standard InChI is InChI=1S/C17H12ClN3/c1-11-15-16(18)13-9-5-6-10-14(13)19-17(15)21(20-11)12-7-3-2-4-8-12/h2-10H,1H3. The highest BCUT2D eigenvalue weighted by atomic mass is 35.5. The Bertz CT molecular complexity index is 958. The van der Waals surface area contributed by atoms with Crippen LogP contribution in [0.25, 0.3) is 27.6 Å². The van der Waals surface area contributed by atoms with Gasteiger partial charge in [-0.3, -0.25) is 0 Å². The molecule has 0 unspecified atom stereocenters. The number of benzene rings is 2. The molecule has 4 rings (SSSR count). The van der Waals surface area contributed by atoms with Crippen LogP contribution >= 0.6 is 11.6 Å². The third-order valence-corrected chi connectivity index (χ3v) is 4.02. The third-order valence-electron chi connectivity index (χ3n) is 3.62. The summed E-state index contributed by atoms with van der Waals surface area (Å²) in [7, 11) is 0. The van der Waals surface area contributed by atoms with Crippen LogP contribution in [0.2, 0.25) is 5.02 Å². The molecular formula is C17H12ClN3. The molecule has 4 heteroatoms. The smallest absolute Gasteiger partial charge is 0.165 e. The molecule has 0 N–H and O–H groups in total. The fourth-order valence-corrected chi connectivity index (χ4v) is 3.01. The third kappa shape index (κ3) is 1.82. The first-order valence-corrected chi connectivity index (χ1v) is 7.12. The van der Waals surface area contributed by atoms with Crippen LogP contribution in [0.1, 0.15) is 5.69 Å². The monoisotopic (exact) mass is 293 g/mol. The van der Waals surface area contributed by atoms with Crippen molar-refractivity contribution in [2.75, 3.05) is 0 Å². The van der Waals surface area contributed by atoms with E-state index in [4.69, 9.17) is 16.6 Å². The first kappa shape index (κ1) is 12.4. The van der Waals surface area contributed by atoms with Crippen molar-refractivity contribution in [1.29, 1.82) is 0 Å². The Hall–Kier alpha value is -2.39. The highest BCUT2D eigenvalue weighted by molar-refractivity contribution is 6.40. The molecule has 0 aliphatic carbocycles.